The van der Waals surface area contributed by atoms with Gasteiger partial charge in [-0.25, -0.2) is 0 Å². The number of hydrogen-bond acceptors (Lipinski definition) is 10. The average molecular weight is 444 g/mol. The summed E-state index contributed by atoms with van der Waals surface area (Å²) >= 11 is 0. The van der Waals surface area contributed by atoms with Gasteiger partial charge in [0.25, 0.3) is 0 Å². The van der Waals surface area contributed by atoms with E-state index in [1.54, 1.807) is 0 Å². The molecule has 2 aliphatic heterocycles. The first-order chi connectivity index (χ1) is 14.7. The average Bonchev–Trinajstić information content (AvgIpc) is 2.76. The quantitative estimate of drug-likeness (QED) is 0.295. The number of hydrogen-bond donors (Lipinski definition) is 6. The van der Waals surface area contributed by atoms with Crippen molar-refractivity contribution in [3.05, 3.63) is 35.4 Å². The van der Waals surface area contributed by atoms with Crippen LogP contribution in [0, 0.1) is 0 Å². The third-order valence-electron chi connectivity index (χ3n) is 5.61. The highest BCUT2D eigenvalue weighted by Gasteiger charge is 2.45. The molecule has 1 aromatic rings. The third kappa shape index (κ3) is 5.79. The Labute approximate surface area is 180 Å². The molecular weight excluding hydrogens is 412 g/mol. The molecule has 176 valence electrons. The Morgan fingerprint density at radius 3 is 2.13 bits per heavy atom. The molecule has 9 atom stereocenters. The highest BCUT2D eigenvalue weighted by atomic mass is 16.7. The highest BCUT2D eigenvalue weighted by molar-refractivity contribution is 5.24. The number of benzene rings is 1. The van der Waals surface area contributed by atoms with E-state index < -0.39 is 55.3 Å². The summed E-state index contributed by atoms with van der Waals surface area (Å²) in [6.07, 6.45) is -12.2. The van der Waals surface area contributed by atoms with Crippen LogP contribution in [0.4, 0.5) is 0 Å². The molecule has 0 unspecified atom stereocenters. The molecule has 0 amide bonds. The molecule has 2 fully saturated rings. The van der Waals surface area contributed by atoms with Crippen LogP contribution in [0.3, 0.4) is 0 Å². The molecule has 10 heteroatoms. The maximum absolute atomic E-state index is 10.2. The summed E-state index contributed by atoms with van der Waals surface area (Å²) in [6, 6.07) is 7.77. The molecule has 0 aromatic heterocycles. The second-order valence-corrected chi connectivity index (χ2v) is 8.31. The molecule has 31 heavy (non-hydrogen) atoms. The highest BCUT2D eigenvalue weighted by Crippen LogP contribution is 2.25. The fourth-order valence-electron chi connectivity index (χ4n) is 3.48. The number of aliphatic hydroxyl groups excluding tert-OH is 6. The number of aliphatic hydroxyl groups is 6. The van der Waals surface area contributed by atoms with Crippen molar-refractivity contribution in [2.24, 2.45) is 0 Å². The molecule has 0 aliphatic carbocycles. The molecule has 10 nitrogen and oxygen atoms in total. The van der Waals surface area contributed by atoms with Gasteiger partial charge in [-0.2, -0.15) is 0 Å². The van der Waals surface area contributed by atoms with Gasteiger partial charge in [0.05, 0.1) is 19.8 Å². The summed E-state index contributed by atoms with van der Waals surface area (Å²) < 4.78 is 21.7. The first-order valence-electron chi connectivity index (χ1n) is 10.4. The van der Waals surface area contributed by atoms with Gasteiger partial charge in [-0.3, -0.25) is 0 Å². The smallest absolute Gasteiger partial charge is 0.187 e. The van der Waals surface area contributed by atoms with Crippen LogP contribution in [0.2, 0.25) is 0 Å². The van der Waals surface area contributed by atoms with E-state index in [-0.39, 0.29) is 19.8 Å². The van der Waals surface area contributed by atoms with E-state index in [1.165, 1.54) is 5.56 Å². The maximum atomic E-state index is 10.2. The first kappa shape index (κ1) is 24.5. The predicted molar refractivity (Wildman–Crippen MR) is 106 cm³/mol. The Bertz CT molecular complexity index is 683. The van der Waals surface area contributed by atoms with Gasteiger partial charge in [-0.15, -0.1) is 0 Å². The first-order valence-corrected chi connectivity index (χ1v) is 10.4. The van der Waals surface area contributed by atoms with E-state index in [0.717, 1.165) is 5.56 Å². The second kappa shape index (κ2) is 10.6. The van der Waals surface area contributed by atoms with Gasteiger partial charge in [0.1, 0.15) is 42.7 Å². The van der Waals surface area contributed by atoms with E-state index in [1.807, 2.05) is 24.3 Å². The van der Waals surface area contributed by atoms with Crippen LogP contribution in [0.25, 0.3) is 0 Å². The molecule has 2 aliphatic rings. The fraction of sp³-hybridized carbons (Fsp3) is 0.714. The number of ether oxygens (including phenoxy) is 4. The maximum Gasteiger partial charge on any atom is 0.187 e. The Balaban J connectivity index is 1.56. The summed E-state index contributed by atoms with van der Waals surface area (Å²) in [4.78, 5) is 0. The molecule has 0 radical (unpaired) electrons. The second-order valence-electron chi connectivity index (χ2n) is 8.31. The Morgan fingerprint density at radius 1 is 0.839 bits per heavy atom. The van der Waals surface area contributed by atoms with Crippen molar-refractivity contribution >= 4 is 0 Å². The van der Waals surface area contributed by atoms with Gasteiger partial charge in [0, 0.05) is 0 Å². The van der Waals surface area contributed by atoms with Crippen molar-refractivity contribution in [1.29, 1.82) is 0 Å². The summed E-state index contributed by atoms with van der Waals surface area (Å²) in [7, 11) is 0. The normalized spacial score (nSPS) is 39.1. The van der Waals surface area contributed by atoms with E-state index >= 15 is 0 Å². The minimum absolute atomic E-state index is 0.116. The van der Waals surface area contributed by atoms with Crippen molar-refractivity contribution in [3.63, 3.8) is 0 Å². The fourth-order valence-corrected chi connectivity index (χ4v) is 3.48. The monoisotopic (exact) mass is 444 g/mol. The molecule has 0 saturated carbocycles. The van der Waals surface area contributed by atoms with Gasteiger partial charge in [0.2, 0.25) is 0 Å². The van der Waals surface area contributed by atoms with Crippen molar-refractivity contribution in [1.82, 2.24) is 0 Å². The van der Waals surface area contributed by atoms with E-state index in [4.69, 9.17) is 18.9 Å². The SMILES string of the molecule is CC(C)c1ccc(CO[C@@H]2O[C@H](CO[C@@H]3OC[C@H](O)[C@H](O)[C@H]3O)[C@@H](O)[C@H](O)[C@H]2O)cc1. The van der Waals surface area contributed by atoms with Crippen LogP contribution in [0.15, 0.2) is 24.3 Å². The van der Waals surface area contributed by atoms with E-state index in [0.29, 0.717) is 5.92 Å². The molecule has 2 heterocycles. The lowest BCUT2D eigenvalue weighted by molar-refractivity contribution is -0.322. The molecule has 0 bridgehead atoms. The zero-order valence-corrected chi connectivity index (χ0v) is 17.5. The minimum Gasteiger partial charge on any atom is -0.388 e. The molecule has 2 saturated heterocycles. The molecule has 3 rings (SSSR count). The zero-order chi connectivity index (χ0) is 22.7. The lowest BCUT2D eigenvalue weighted by Crippen LogP contribution is -2.60. The Morgan fingerprint density at radius 2 is 1.48 bits per heavy atom. The predicted octanol–water partition coefficient (Wildman–Crippen LogP) is -1.41. The topological polar surface area (TPSA) is 158 Å². The van der Waals surface area contributed by atoms with Crippen molar-refractivity contribution in [2.75, 3.05) is 13.2 Å². The van der Waals surface area contributed by atoms with Crippen molar-refractivity contribution < 1.29 is 49.6 Å². The standard InChI is InChI=1S/C21H32O10/c1-10(2)12-5-3-11(4-6-12)7-28-21-19(27)17(25)16(24)14(31-21)9-30-20-18(26)15(23)13(22)8-29-20/h3-6,10,13-27H,7-9H2,1-2H3/t13-,14+,15-,16+,17-,18+,19+,20-,21+/m0/s1. The van der Waals surface area contributed by atoms with E-state index in [9.17, 15) is 30.6 Å². The lowest BCUT2D eigenvalue weighted by atomic mass is 9.99. The number of rotatable bonds is 7. The van der Waals surface area contributed by atoms with Gasteiger partial charge in [-0.1, -0.05) is 38.1 Å². The van der Waals surface area contributed by atoms with Crippen LogP contribution in [0.5, 0.6) is 0 Å². The van der Waals surface area contributed by atoms with Crippen molar-refractivity contribution in [3.8, 4) is 0 Å². The van der Waals surface area contributed by atoms with Gasteiger partial charge in [0.15, 0.2) is 12.6 Å². The van der Waals surface area contributed by atoms with Gasteiger partial charge < -0.3 is 49.6 Å². The summed E-state index contributed by atoms with van der Waals surface area (Å²) in [6.45, 7) is 3.74. The zero-order valence-electron chi connectivity index (χ0n) is 17.5. The van der Waals surface area contributed by atoms with Crippen LogP contribution >= 0.6 is 0 Å². The summed E-state index contributed by atoms with van der Waals surface area (Å²) in [5.41, 5.74) is 2.03. The minimum atomic E-state index is -1.54. The van der Waals surface area contributed by atoms with Crippen LogP contribution in [-0.4, -0.2) is 99.2 Å². The van der Waals surface area contributed by atoms with E-state index in [2.05, 4.69) is 13.8 Å². The summed E-state index contributed by atoms with van der Waals surface area (Å²) in [5, 5.41) is 59.8. The van der Waals surface area contributed by atoms with Crippen molar-refractivity contribution in [2.45, 2.75) is 81.7 Å². The molecule has 1 aromatic carbocycles. The summed E-state index contributed by atoms with van der Waals surface area (Å²) in [5.74, 6) is 0.395. The Kier molecular flexibility index (Phi) is 8.38. The molecule has 0 spiro atoms. The largest absolute Gasteiger partial charge is 0.388 e. The molecule has 6 N–H and O–H groups in total. The van der Waals surface area contributed by atoms with Crippen LogP contribution < -0.4 is 0 Å². The van der Waals surface area contributed by atoms with Crippen LogP contribution in [0.1, 0.15) is 30.9 Å². The Hall–Kier alpha value is -1.18. The molecular formula is C21H32O10. The lowest BCUT2D eigenvalue weighted by Gasteiger charge is -2.41. The van der Waals surface area contributed by atoms with Crippen LogP contribution in [-0.2, 0) is 25.6 Å². The third-order valence-corrected chi connectivity index (χ3v) is 5.61. The van der Waals surface area contributed by atoms with Gasteiger partial charge >= 0.3 is 0 Å². The van der Waals surface area contributed by atoms with Gasteiger partial charge in [-0.05, 0) is 17.0 Å².